The van der Waals surface area contributed by atoms with Crippen LogP contribution in [-0.4, -0.2) is 36.6 Å². The fourth-order valence-electron chi connectivity index (χ4n) is 3.10. The van der Waals surface area contributed by atoms with Gasteiger partial charge in [-0.05, 0) is 45.1 Å². The second-order valence-electron chi connectivity index (χ2n) is 5.44. The van der Waals surface area contributed by atoms with Crippen LogP contribution in [0.3, 0.4) is 0 Å². The Hall–Kier alpha value is -0.0800. The first-order valence-corrected chi connectivity index (χ1v) is 6.14. The molecule has 0 bridgehead atoms. The fraction of sp³-hybridized carbons (Fsp3) is 1.00. The molecule has 0 aliphatic carbocycles. The Morgan fingerprint density at radius 1 is 1.29 bits per heavy atom. The lowest BCUT2D eigenvalue weighted by molar-refractivity contribution is 0.215. The van der Waals surface area contributed by atoms with E-state index in [2.05, 4.69) is 31.0 Å². The molecule has 0 aromatic carbocycles. The topological polar surface area (TPSA) is 15.3 Å². The molecule has 0 radical (unpaired) electrons. The monoisotopic (exact) mass is 196 g/mol. The molecule has 0 saturated carbocycles. The molecule has 2 saturated heterocycles. The van der Waals surface area contributed by atoms with Gasteiger partial charge in [0.05, 0.1) is 0 Å². The summed E-state index contributed by atoms with van der Waals surface area (Å²) in [5.41, 5.74) is 0. The Labute approximate surface area is 88.1 Å². The van der Waals surface area contributed by atoms with Crippen LogP contribution in [0.25, 0.3) is 0 Å². The molecule has 2 aliphatic rings. The zero-order chi connectivity index (χ0) is 10.1. The lowest BCUT2D eigenvalue weighted by Gasteiger charge is -2.26. The molecule has 4 atom stereocenters. The van der Waals surface area contributed by atoms with Crippen LogP contribution in [0, 0.1) is 11.8 Å². The number of rotatable bonds is 2. The van der Waals surface area contributed by atoms with Gasteiger partial charge in [0.25, 0.3) is 0 Å². The second kappa shape index (κ2) is 4.19. The Kier molecular flexibility index (Phi) is 3.13. The van der Waals surface area contributed by atoms with Crippen molar-refractivity contribution in [2.24, 2.45) is 11.8 Å². The van der Waals surface area contributed by atoms with Crippen molar-refractivity contribution < 1.29 is 0 Å². The minimum absolute atomic E-state index is 0.734. The van der Waals surface area contributed by atoms with Crippen molar-refractivity contribution in [3.8, 4) is 0 Å². The number of nitrogens with zero attached hydrogens (tertiary/aromatic N) is 1. The van der Waals surface area contributed by atoms with E-state index < -0.39 is 0 Å². The molecule has 2 aliphatic heterocycles. The van der Waals surface area contributed by atoms with Crippen molar-refractivity contribution in [1.29, 1.82) is 0 Å². The molecule has 82 valence electrons. The Balaban J connectivity index is 1.85. The summed E-state index contributed by atoms with van der Waals surface area (Å²) >= 11 is 0. The smallest absolute Gasteiger partial charge is 0.00796 e. The number of likely N-dealkylation sites (tertiary alicyclic amines) is 1. The van der Waals surface area contributed by atoms with Gasteiger partial charge in [0.15, 0.2) is 0 Å². The minimum Gasteiger partial charge on any atom is -0.314 e. The maximum atomic E-state index is 3.54. The molecular formula is C12H24N2. The first-order chi connectivity index (χ1) is 6.66. The number of nitrogens with one attached hydrogen (secondary N) is 1. The van der Waals surface area contributed by atoms with E-state index in [-0.39, 0.29) is 0 Å². The highest BCUT2D eigenvalue weighted by molar-refractivity contribution is 4.87. The van der Waals surface area contributed by atoms with Crippen LogP contribution in [0.1, 0.15) is 33.6 Å². The number of hydrogen-bond acceptors (Lipinski definition) is 2. The van der Waals surface area contributed by atoms with E-state index in [0.717, 1.165) is 23.9 Å². The van der Waals surface area contributed by atoms with Gasteiger partial charge in [0.1, 0.15) is 0 Å². The largest absolute Gasteiger partial charge is 0.314 e. The fourth-order valence-corrected chi connectivity index (χ4v) is 3.10. The van der Waals surface area contributed by atoms with Crippen molar-refractivity contribution in [1.82, 2.24) is 10.2 Å². The standard InChI is InChI=1S/C12H24N2/c1-9-6-10(2)14(7-9)8-12-4-5-13-11(12)3/h9-13H,4-8H2,1-3H3. The van der Waals surface area contributed by atoms with Gasteiger partial charge in [-0.3, -0.25) is 0 Å². The zero-order valence-corrected chi connectivity index (χ0v) is 9.79. The third-order valence-electron chi connectivity index (χ3n) is 4.07. The molecule has 1 N–H and O–H groups in total. The lowest BCUT2D eigenvalue weighted by atomic mass is 10.0. The average molecular weight is 196 g/mol. The molecule has 2 heterocycles. The van der Waals surface area contributed by atoms with Gasteiger partial charge >= 0.3 is 0 Å². The Bertz CT molecular complexity index is 193. The van der Waals surface area contributed by atoms with Crippen LogP contribution in [0.2, 0.25) is 0 Å². The maximum absolute atomic E-state index is 3.54. The molecule has 2 heteroatoms. The van der Waals surface area contributed by atoms with E-state index >= 15 is 0 Å². The molecule has 0 aromatic rings. The van der Waals surface area contributed by atoms with E-state index in [4.69, 9.17) is 0 Å². The summed E-state index contributed by atoms with van der Waals surface area (Å²) in [5.74, 6) is 1.80. The van der Waals surface area contributed by atoms with Crippen LogP contribution in [0.5, 0.6) is 0 Å². The van der Waals surface area contributed by atoms with Gasteiger partial charge in [-0.15, -0.1) is 0 Å². The summed E-state index contributed by atoms with van der Waals surface area (Å²) in [7, 11) is 0. The summed E-state index contributed by atoms with van der Waals surface area (Å²) in [4.78, 5) is 2.69. The van der Waals surface area contributed by atoms with E-state index in [9.17, 15) is 0 Å². The molecule has 4 unspecified atom stereocenters. The first-order valence-electron chi connectivity index (χ1n) is 6.14. The quantitative estimate of drug-likeness (QED) is 0.723. The van der Waals surface area contributed by atoms with Crippen molar-refractivity contribution in [2.75, 3.05) is 19.6 Å². The average Bonchev–Trinajstić information content (AvgIpc) is 2.62. The summed E-state index contributed by atoms with van der Waals surface area (Å²) in [5, 5.41) is 3.54. The Morgan fingerprint density at radius 3 is 2.57 bits per heavy atom. The minimum atomic E-state index is 0.734. The molecule has 0 amide bonds. The molecule has 0 spiro atoms. The third kappa shape index (κ3) is 2.12. The van der Waals surface area contributed by atoms with Crippen molar-refractivity contribution >= 4 is 0 Å². The summed E-state index contributed by atoms with van der Waals surface area (Å²) in [6, 6.07) is 1.55. The maximum Gasteiger partial charge on any atom is 0.00796 e. The van der Waals surface area contributed by atoms with Crippen molar-refractivity contribution in [3.05, 3.63) is 0 Å². The van der Waals surface area contributed by atoms with Gasteiger partial charge in [-0.2, -0.15) is 0 Å². The normalized spacial score (nSPS) is 44.8. The van der Waals surface area contributed by atoms with Crippen LogP contribution < -0.4 is 5.32 Å². The van der Waals surface area contributed by atoms with Crippen molar-refractivity contribution in [3.63, 3.8) is 0 Å². The zero-order valence-electron chi connectivity index (χ0n) is 9.79. The van der Waals surface area contributed by atoms with Gasteiger partial charge in [0, 0.05) is 25.2 Å². The second-order valence-corrected chi connectivity index (χ2v) is 5.44. The third-order valence-corrected chi connectivity index (χ3v) is 4.07. The highest BCUT2D eigenvalue weighted by Crippen LogP contribution is 2.26. The Morgan fingerprint density at radius 2 is 2.07 bits per heavy atom. The molecule has 14 heavy (non-hydrogen) atoms. The highest BCUT2D eigenvalue weighted by Gasteiger charge is 2.31. The highest BCUT2D eigenvalue weighted by atomic mass is 15.2. The van der Waals surface area contributed by atoms with Crippen LogP contribution in [-0.2, 0) is 0 Å². The summed E-state index contributed by atoms with van der Waals surface area (Å²) in [6.07, 6.45) is 2.77. The molecule has 2 nitrogen and oxygen atoms in total. The van der Waals surface area contributed by atoms with Gasteiger partial charge in [-0.1, -0.05) is 6.92 Å². The van der Waals surface area contributed by atoms with Crippen molar-refractivity contribution in [2.45, 2.75) is 45.7 Å². The first kappa shape index (κ1) is 10.4. The van der Waals surface area contributed by atoms with Crippen LogP contribution in [0.4, 0.5) is 0 Å². The molecule has 0 aromatic heterocycles. The summed E-state index contributed by atoms with van der Waals surface area (Å²) < 4.78 is 0. The van der Waals surface area contributed by atoms with E-state index in [1.807, 2.05) is 0 Å². The summed E-state index contributed by atoms with van der Waals surface area (Å²) in [6.45, 7) is 11.0. The predicted molar refractivity (Wildman–Crippen MR) is 60.4 cm³/mol. The number of hydrogen-bond donors (Lipinski definition) is 1. The van der Waals surface area contributed by atoms with Crippen LogP contribution in [0.15, 0.2) is 0 Å². The van der Waals surface area contributed by atoms with E-state index in [1.54, 1.807) is 0 Å². The molecular weight excluding hydrogens is 172 g/mol. The van der Waals surface area contributed by atoms with Gasteiger partial charge in [0.2, 0.25) is 0 Å². The lowest BCUT2D eigenvalue weighted by Crippen LogP contribution is -2.36. The molecule has 2 fully saturated rings. The van der Waals surface area contributed by atoms with Crippen LogP contribution >= 0.6 is 0 Å². The predicted octanol–water partition coefficient (Wildman–Crippen LogP) is 1.71. The van der Waals surface area contributed by atoms with E-state index in [0.29, 0.717) is 0 Å². The SMILES string of the molecule is CC1CC(C)N(CC2CCNC2C)C1. The van der Waals surface area contributed by atoms with E-state index in [1.165, 1.54) is 32.5 Å². The van der Waals surface area contributed by atoms with Gasteiger partial charge in [-0.25, -0.2) is 0 Å². The van der Waals surface area contributed by atoms with Gasteiger partial charge < -0.3 is 10.2 Å². The molecule has 2 rings (SSSR count).